The Morgan fingerprint density at radius 3 is 2.62 bits per heavy atom. The van der Waals surface area contributed by atoms with Crippen LogP contribution >= 0.6 is 11.8 Å². The van der Waals surface area contributed by atoms with Crippen LogP contribution in [0.1, 0.15) is 15.9 Å². The molecule has 0 aromatic heterocycles. The maximum atomic E-state index is 12.9. The lowest BCUT2D eigenvalue weighted by Gasteiger charge is -2.26. The number of amides is 1. The van der Waals surface area contributed by atoms with Crippen molar-refractivity contribution in [3.8, 4) is 0 Å². The number of carboxylic acid groups (broad SMARTS) is 1. The van der Waals surface area contributed by atoms with Gasteiger partial charge in [0, 0.05) is 11.5 Å². The fraction of sp³-hybridized carbons (Fsp3) is 0.176. The Kier molecular flexibility index (Phi) is 4.71. The van der Waals surface area contributed by atoms with Crippen LogP contribution < -0.4 is 10.6 Å². The van der Waals surface area contributed by atoms with E-state index < -0.39 is 12.0 Å². The van der Waals surface area contributed by atoms with Crippen LogP contribution in [0.25, 0.3) is 0 Å². The number of aromatic carboxylic acids is 1. The van der Waals surface area contributed by atoms with Crippen molar-refractivity contribution in [1.29, 1.82) is 0 Å². The number of carbonyl (C=O) groups is 2. The average molecular weight is 346 g/mol. The molecule has 1 unspecified atom stereocenters. The van der Waals surface area contributed by atoms with Gasteiger partial charge in [0.2, 0.25) is 5.91 Å². The Hall–Kier alpha value is -2.54. The highest BCUT2D eigenvalue weighted by Gasteiger charge is 2.25. The molecule has 0 aliphatic carbocycles. The minimum Gasteiger partial charge on any atom is -0.478 e. The van der Waals surface area contributed by atoms with Gasteiger partial charge in [-0.15, -0.1) is 0 Å². The number of rotatable bonds is 5. The first kappa shape index (κ1) is 16.3. The second kappa shape index (κ2) is 6.92. The Labute approximate surface area is 142 Å². The lowest BCUT2D eigenvalue weighted by molar-refractivity contribution is -0.116. The predicted molar refractivity (Wildman–Crippen MR) is 92.0 cm³/mol. The first-order valence-corrected chi connectivity index (χ1v) is 8.45. The van der Waals surface area contributed by atoms with E-state index in [0.29, 0.717) is 22.9 Å². The maximum absolute atomic E-state index is 12.9. The fourth-order valence-corrected chi connectivity index (χ4v) is 3.39. The van der Waals surface area contributed by atoms with E-state index in [9.17, 15) is 14.0 Å². The maximum Gasteiger partial charge on any atom is 0.335 e. The summed E-state index contributed by atoms with van der Waals surface area (Å²) in [7, 11) is 0. The van der Waals surface area contributed by atoms with Crippen molar-refractivity contribution in [3.63, 3.8) is 0 Å². The zero-order valence-corrected chi connectivity index (χ0v) is 13.4. The van der Waals surface area contributed by atoms with Crippen molar-refractivity contribution >= 4 is 35.0 Å². The van der Waals surface area contributed by atoms with Crippen LogP contribution in [-0.4, -0.2) is 28.8 Å². The van der Waals surface area contributed by atoms with Crippen molar-refractivity contribution in [1.82, 2.24) is 0 Å². The molecule has 0 saturated carbocycles. The summed E-state index contributed by atoms with van der Waals surface area (Å²) in [4.78, 5) is 23.1. The zero-order valence-electron chi connectivity index (χ0n) is 12.6. The molecule has 1 aliphatic heterocycles. The number of benzene rings is 2. The number of anilines is 2. The highest BCUT2D eigenvalue weighted by Crippen LogP contribution is 2.29. The van der Waals surface area contributed by atoms with E-state index in [1.165, 1.54) is 24.3 Å². The molecule has 0 saturated heterocycles. The number of carbonyl (C=O) groups excluding carboxylic acids is 1. The molecule has 24 heavy (non-hydrogen) atoms. The number of fused-ring (bicyclic) bond motifs is 1. The fourth-order valence-electron chi connectivity index (χ4n) is 2.37. The molecule has 3 N–H and O–H groups in total. The van der Waals surface area contributed by atoms with E-state index in [1.807, 2.05) is 0 Å². The largest absolute Gasteiger partial charge is 0.478 e. The van der Waals surface area contributed by atoms with Gasteiger partial charge in [0.05, 0.1) is 16.9 Å². The number of carboxylic acids is 1. The third-order valence-electron chi connectivity index (χ3n) is 3.64. The average Bonchev–Trinajstić information content (AvgIpc) is 2.56. The Morgan fingerprint density at radius 2 is 1.92 bits per heavy atom. The molecule has 124 valence electrons. The lowest BCUT2D eigenvalue weighted by atomic mass is 10.1. The molecule has 5 nitrogen and oxygen atoms in total. The van der Waals surface area contributed by atoms with Gasteiger partial charge < -0.3 is 15.7 Å². The Balaban J connectivity index is 1.60. The predicted octanol–water partition coefficient (Wildman–Crippen LogP) is 3.19. The standard InChI is InChI=1S/C17H15FN2O3S/c18-12-4-1-10(2-5-12)8-24-9-15-16(21)20-14-7-11(17(22)23)3-6-13(14)19-15/h1-7,15,19H,8-9H2,(H,20,21)(H,22,23). The van der Waals surface area contributed by atoms with Gasteiger partial charge in [-0.3, -0.25) is 4.79 Å². The number of thioether (sulfide) groups is 1. The minimum atomic E-state index is -1.04. The van der Waals surface area contributed by atoms with Gasteiger partial charge in [-0.1, -0.05) is 12.1 Å². The number of nitrogens with one attached hydrogen (secondary N) is 2. The molecule has 1 aliphatic rings. The van der Waals surface area contributed by atoms with Crippen molar-refractivity contribution in [2.45, 2.75) is 11.8 Å². The van der Waals surface area contributed by atoms with Crippen molar-refractivity contribution in [2.24, 2.45) is 0 Å². The SMILES string of the molecule is O=C(O)c1ccc2c(c1)NC(=O)C(CSCc1ccc(F)cc1)N2. The van der Waals surface area contributed by atoms with E-state index >= 15 is 0 Å². The molecule has 1 atom stereocenters. The van der Waals surface area contributed by atoms with Crippen molar-refractivity contribution < 1.29 is 19.1 Å². The summed E-state index contributed by atoms with van der Waals surface area (Å²) in [5.74, 6) is -0.282. The second-order valence-electron chi connectivity index (χ2n) is 5.39. The summed E-state index contributed by atoms with van der Waals surface area (Å²) < 4.78 is 12.9. The minimum absolute atomic E-state index is 0.125. The summed E-state index contributed by atoms with van der Waals surface area (Å²) in [6.07, 6.45) is 0. The molecule has 0 bridgehead atoms. The molecular formula is C17H15FN2O3S. The molecule has 3 rings (SSSR count). The lowest BCUT2D eigenvalue weighted by Crippen LogP contribution is -2.40. The Bertz CT molecular complexity index is 780. The number of hydrogen-bond acceptors (Lipinski definition) is 4. The molecule has 1 amide bonds. The third kappa shape index (κ3) is 3.68. The van der Waals surface area contributed by atoms with Gasteiger partial charge >= 0.3 is 5.97 Å². The van der Waals surface area contributed by atoms with Gasteiger partial charge in [-0.05, 0) is 35.9 Å². The molecule has 2 aromatic carbocycles. The molecule has 1 heterocycles. The van der Waals surface area contributed by atoms with Gasteiger partial charge in [-0.25, -0.2) is 9.18 Å². The molecule has 0 fully saturated rings. The topological polar surface area (TPSA) is 78.4 Å². The second-order valence-corrected chi connectivity index (χ2v) is 6.42. The highest BCUT2D eigenvalue weighted by molar-refractivity contribution is 7.98. The van der Waals surface area contributed by atoms with Crippen LogP contribution in [-0.2, 0) is 10.5 Å². The number of halogens is 1. The smallest absolute Gasteiger partial charge is 0.335 e. The highest BCUT2D eigenvalue weighted by atomic mass is 32.2. The first-order valence-electron chi connectivity index (χ1n) is 7.30. The van der Waals surface area contributed by atoms with E-state index in [1.54, 1.807) is 30.0 Å². The van der Waals surface area contributed by atoms with Crippen LogP contribution in [0.15, 0.2) is 42.5 Å². The zero-order chi connectivity index (χ0) is 17.1. The van der Waals surface area contributed by atoms with E-state index in [2.05, 4.69) is 10.6 Å². The quantitative estimate of drug-likeness (QED) is 0.775. The van der Waals surface area contributed by atoms with Gasteiger partial charge in [0.15, 0.2) is 0 Å². The molecule has 7 heteroatoms. The normalized spacial score (nSPS) is 16.0. The molecule has 2 aromatic rings. The summed E-state index contributed by atoms with van der Waals surface area (Å²) in [6.45, 7) is 0. The van der Waals surface area contributed by atoms with Crippen LogP contribution in [0.5, 0.6) is 0 Å². The summed E-state index contributed by atoms with van der Waals surface area (Å²) in [5, 5.41) is 14.8. The van der Waals surface area contributed by atoms with E-state index in [4.69, 9.17) is 5.11 Å². The molecule has 0 spiro atoms. The molecular weight excluding hydrogens is 331 g/mol. The van der Waals surface area contributed by atoms with Crippen molar-refractivity contribution in [2.75, 3.05) is 16.4 Å². The van der Waals surface area contributed by atoms with Crippen molar-refractivity contribution in [3.05, 3.63) is 59.4 Å². The molecule has 0 radical (unpaired) electrons. The van der Waals surface area contributed by atoms with E-state index in [0.717, 1.165) is 5.56 Å². The monoisotopic (exact) mass is 346 g/mol. The van der Waals surface area contributed by atoms with E-state index in [-0.39, 0.29) is 17.3 Å². The van der Waals surface area contributed by atoms with Crippen LogP contribution in [0.4, 0.5) is 15.8 Å². The summed E-state index contributed by atoms with van der Waals surface area (Å²) >= 11 is 1.57. The van der Waals surface area contributed by atoms with Crippen LogP contribution in [0.3, 0.4) is 0 Å². The van der Waals surface area contributed by atoms with Crippen LogP contribution in [0, 0.1) is 5.82 Å². The van der Waals surface area contributed by atoms with Gasteiger partial charge in [0.1, 0.15) is 11.9 Å². The summed E-state index contributed by atoms with van der Waals surface area (Å²) in [6, 6.07) is 10.4. The van der Waals surface area contributed by atoms with Crippen LogP contribution in [0.2, 0.25) is 0 Å². The number of hydrogen-bond donors (Lipinski definition) is 3. The van der Waals surface area contributed by atoms with Gasteiger partial charge in [0.25, 0.3) is 0 Å². The Morgan fingerprint density at radius 1 is 1.17 bits per heavy atom. The van der Waals surface area contributed by atoms with Gasteiger partial charge in [-0.2, -0.15) is 11.8 Å². The third-order valence-corrected chi connectivity index (χ3v) is 4.74. The first-order chi connectivity index (χ1) is 11.5. The summed E-state index contributed by atoms with van der Waals surface area (Å²) in [5.41, 5.74) is 2.29.